The van der Waals surface area contributed by atoms with E-state index in [9.17, 15) is 4.79 Å². The molecule has 0 N–H and O–H groups in total. The van der Waals surface area contributed by atoms with Gasteiger partial charge in [0.25, 0.3) is 0 Å². The minimum atomic E-state index is -0.454. The number of rotatable bonds is 9. The van der Waals surface area contributed by atoms with Gasteiger partial charge in [0.05, 0.1) is 13.2 Å². The number of hydrogen-bond acceptors (Lipinski definition) is 4. The molecule has 25 heavy (non-hydrogen) atoms. The quantitative estimate of drug-likeness (QED) is 0.520. The topological polar surface area (TPSA) is 48.0 Å². The minimum absolute atomic E-state index is 0.288. The molecule has 1 saturated heterocycles. The first-order valence-electron chi connectivity index (χ1n) is 8.54. The number of ether oxygens (including phenoxy) is 2. The van der Waals surface area contributed by atoms with Crippen molar-refractivity contribution in [2.45, 2.75) is 31.8 Å². The summed E-state index contributed by atoms with van der Waals surface area (Å²) in [6.45, 7) is 1.41. The molecule has 0 saturated carbocycles. The maximum Gasteiger partial charge on any atom is 0.233 e. The van der Waals surface area contributed by atoms with E-state index in [2.05, 4.69) is 12.1 Å². The molecular weight excluding hydrogens is 318 g/mol. The smallest absolute Gasteiger partial charge is 0.233 e. The Kier molecular flexibility index (Phi) is 6.56. The van der Waals surface area contributed by atoms with E-state index in [4.69, 9.17) is 14.3 Å². The van der Waals surface area contributed by atoms with Crippen molar-refractivity contribution < 1.29 is 19.1 Å². The highest BCUT2D eigenvalue weighted by atomic mass is 16.7. The molecule has 0 unspecified atom stereocenters. The van der Waals surface area contributed by atoms with Crippen LogP contribution in [0.4, 0.5) is 0 Å². The van der Waals surface area contributed by atoms with E-state index >= 15 is 0 Å². The number of carbonyl (C=O) groups excluding carboxylic acids is 1. The van der Waals surface area contributed by atoms with Gasteiger partial charge in [0, 0.05) is 0 Å². The first-order chi connectivity index (χ1) is 12.4. The van der Waals surface area contributed by atoms with Crippen LogP contribution in [0.15, 0.2) is 60.7 Å². The SMILES string of the molecule is O=CN(OCc1ccccc1)[C@@H](CCc1ccccc1)C1OCCO1. The predicted octanol–water partition coefficient (Wildman–Crippen LogP) is 2.95. The van der Waals surface area contributed by atoms with Crippen LogP contribution in [0.1, 0.15) is 17.5 Å². The Labute approximate surface area is 148 Å². The zero-order chi connectivity index (χ0) is 17.3. The molecule has 1 fully saturated rings. The fourth-order valence-corrected chi connectivity index (χ4v) is 2.87. The van der Waals surface area contributed by atoms with Crippen molar-refractivity contribution in [3.63, 3.8) is 0 Å². The second kappa shape index (κ2) is 9.32. The lowest BCUT2D eigenvalue weighted by atomic mass is 10.0. The Morgan fingerprint density at radius 3 is 2.20 bits per heavy atom. The molecule has 3 rings (SSSR count). The first-order valence-corrected chi connectivity index (χ1v) is 8.54. The Morgan fingerprint density at radius 2 is 1.60 bits per heavy atom. The monoisotopic (exact) mass is 341 g/mol. The van der Waals surface area contributed by atoms with E-state index < -0.39 is 6.29 Å². The standard InChI is InChI=1S/C20H23NO4/c22-16-21(25-15-18-9-5-2-6-10-18)19(20-23-13-14-24-20)12-11-17-7-3-1-4-8-17/h1-10,16,19-20H,11-15H2/t19-/m0/s1. The molecule has 1 aliphatic rings. The third-order valence-electron chi connectivity index (χ3n) is 4.19. The lowest BCUT2D eigenvalue weighted by Gasteiger charge is -2.30. The van der Waals surface area contributed by atoms with Crippen LogP contribution in [0.3, 0.4) is 0 Å². The second-order valence-electron chi connectivity index (χ2n) is 5.93. The Balaban J connectivity index is 1.64. The number of carbonyl (C=O) groups is 1. The van der Waals surface area contributed by atoms with Crippen LogP contribution in [0.2, 0.25) is 0 Å². The highest BCUT2D eigenvalue weighted by Gasteiger charge is 2.32. The fourth-order valence-electron chi connectivity index (χ4n) is 2.87. The molecule has 2 aromatic rings. The summed E-state index contributed by atoms with van der Waals surface area (Å²) in [5, 5.41) is 1.34. The number of benzene rings is 2. The molecule has 5 nitrogen and oxygen atoms in total. The molecule has 1 aliphatic heterocycles. The lowest BCUT2D eigenvalue weighted by molar-refractivity contribution is -0.227. The highest BCUT2D eigenvalue weighted by Crippen LogP contribution is 2.20. The molecule has 2 aromatic carbocycles. The van der Waals surface area contributed by atoms with Gasteiger partial charge in [-0.25, -0.2) is 5.06 Å². The molecule has 1 heterocycles. The summed E-state index contributed by atoms with van der Waals surface area (Å²) in [7, 11) is 0. The van der Waals surface area contributed by atoms with Crippen molar-refractivity contribution in [1.82, 2.24) is 5.06 Å². The van der Waals surface area contributed by atoms with Gasteiger partial charge in [-0.15, -0.1) is 0 Å². The van der Waals surface area contributed by atoms with Crippen LogP contribution in [0.25, 0.3) is 0 Å². The minimum Gasteiger partial charge on any atom is -0.348 e. The van der Waals surface area contributed by atoms with Gasteiger partial charge in [-0.2, -0.15) is 0 Å². The molecule has 0 bridgehead atoms. The summed E-state index contributed by atoms with van der Waals surface area (Å²) in [4.78, 5) is 17.4. The van der Waals surface area contributed by atoms with Gasteiger partial charge in [-0.3, -0.25) is 9.63 Å². The normalized spacial score (nSPS) is 15.8. The van der Waals surface area contributed by atoms with Crippen LogP contribution in [0, 0.1) is 0 Å². The molecule has 0 radical (unpaired) electrons. The maximum absolute atomic E-state index is 11.6. The van der Waals surface area contributed by atoms with Crippen molar-refractivity contribution in [1.29, 1.82) is 0 Å². The van der Waals surface area contributed by atoms with E-state index in [1.54, 1.807) is 0 Å². The third kappa shape index (κ3) is 5.13. The predicted molar refractivity (Wildman–Crippen MR) is 93.4 cm³/mol. The van der Waals surface area contributed by atoms with Gasteiger partial charge in [-0.1, -0.05) is 60.7 Å². The maximum atomic E-state index is 11.6. The Hall–Kier alpha value is -2.21. The van der Waals surface area contributed by atoms with E-state index in [1.165, 1.54) is 10.6 Å². The summed E-state index contributed by atoms with van der Waals surface area (Å²) in [5.41, 5.74) is 2.21. The molecular formula is C20H23NO4. The average Bonchev–Trinajstić information content (AvgIpc) is 3.20. The van der Waals surface area contributed by atoms with Crippen molar-refractivity contribution in [2.24, 2.45) is 0 Å². The van der Waals surface area contributed by atoms with E-state index in [1.807, 2.05) is 48.5 Å². The van der Waals surface area contributed by atoms with Crippen LogP contribution in [0.5, 0.6) is 0 Å². The molecule has 0 spiro atoms. The average molecular weight is 341 g/mol. The summed E-state index contributed by atoms with van der Waals surface area (Å²) in [5.74, 6) is 0. The van der Waals surface area contributed by atoms with E-state index in [0.717, 1.165) is 12.0 Å². The van der Waals surface area contributed by atoms with Crippen molar-refractivity contribution in [2.75, 3.05) is 13.2 Å². The Morgan fingerprint density at radius 1 is 1.00 bits per heavy atom. The van der Waals surface area contributed by atoms with E-state index in [0.29, 0.717) is 32.7 Å². The molecule has 0 aromatic heterocycles. The van der Waals surface area contributed by atoms with Crippen molar-refractivity contribution >= 4 is 6.41 Å². The largest absolute Gasteiger partial charge is 0.348 e. The zero-order valence-electron chi connectivity index (χ0n) is 14.1. The number of hydroxylamine groups is 2. The first kappa shape index (κ1) is 17.6. The highest BCUT2D eigenvalue weighted by molar-refractivity contribution is 5.46. The number of hydrogen-bond donors (Lipinski definition) is 0. The zero-order valence-corrected chi connectivity index (χ0v) is 14.1. The molecule has 132 valence electrons. The fraction of sp³-hybridized carbons (Fsp3) is 0.350. The second-order valence-corrected chi connectivity index (χ2v) is 5.93. The van der Waals surface area contributed by atoms with Gasteiger partial charge >= 0.3 is 0 Å². The van der Waals surface area contributed by atoms with Gasteiger partial charge in [0.2, 0.25) is 6.41 Å². The van der Waals surface area contributed by atoms with Gasteiger partial charge < -0.3 is 9.47 Å². The molecule has 0 aliphatic carbocycles. The summed E-state index contributed by atoms with van der Waals surface area (Å²) in [6, 6.07) is 19.6. The summed E-state index contributed by atoms with van der Waals surface area (Å²) >= 11 is 0. The summed E-state index contributed by atoms with van der Waals surface area (Å²) in [6.07, 6.45) is 1.77. The van der Waals surface area contributed by atoms with Crippen molar-refractivity contribution in [3.05, 3.63) is 71.8 Å². The van der Waals surface area contributed by atoms with Crippen LogP contribution < -0.4 is 0 Å². The molecule has 1 amide bonds. The van der Waals surface area contributed by atoms with E-state index in [-0.39, 0.29) is 6.04 Å². The van der Waals surface area contributed by atoms with Crippen molar-refractivity contribution in [3.8, 4) is 0 Å². The van der Waals surface area contributed by atoms with Crippen LogP contribution in [-0.2, 0) is 32.1 Å². The number of nitrogens with zero attached hydrogens (tertiary/aromatic N) is 1. The molecule has 1 atom stereocenters. The third-order valence-corrected chi connectivity index (χ3v) is 4.19. The van der Waals surface area contributed by atoms with Crippen LogP contribution >= 0.6 is 0 Å². The molecule has 5 heteroatoms. The summed E-state index contributed by atoms with van der Waals surface area (Å²) < 4.78 is 11.3. The Bertz CT molecular complexity index is 629. The number of aryl methyl sites for hydroxylation is 1. The van der Waals surface area contributed by atoms with Gasteiger partial charge in [-0.05, 0) is 24.0 Å². The van der Waals surface area contributed by atoms with Gasteiger partial charge in [0.1, 0.15) is 12.6 Å². The lowest BCUT2D eigenvalue weighted by Crippen LogP contribution is -2.43. The van der Waals surface area contributed by atoms with Crippen LogP contribution in [-0.4, -0.2) is 37.0 Å². The van der Waals surface area contributed by atoms with Gasteiger partial charge in [0.15, 0.2) is 6.29 Å². The number of amides is 1.